The lowest BCUT2D eigenvalue weighted by molar-refractivity contribution is -0.121. The van der Waals surface area contributed by atoms with Crippen molar-refractivity contribution in [1.29, 1.82) is 0 Å². The molecule has 0 spiro atoms. The first kappa shape index (κ1) is 12.4. The van der Waals surface area contributed by atoms with Crippen LogP contribution in [0.4, 0.5) is 0 Å². The van der Waals surface area contributed by atoms with Crippen molar-refractivity contribution >= 4 is 5.91 Å². The minimum absolute atomic E-state index is 0.0724. The predicted octanol–water partition coefficient (Wildman–Crippen LogP) is -0.0311. The van der Waals surface area contributed by atoms with E-state index in [4.69, 9.17) is 11.5 Å². The molecule has 1 amide bonds. The minimum atomic E-state index is 0.0724. The van der Waals surface area contributed by atoms with E-state index in [9.17, 15) is 4.79 Å². The van der Waals surface area contributed by atoms with E-state index in [0.29, 0.717) is 19.5 Å². The molecule has 0 fully saturated rings. The first-order valence-electron chi connectivity index (χ1n) is 4.94. The van der Waals surface area contributed by atoms with Crippen LogP contribution in [-0.2, 0) is 4.79 Å². The summed E-state index contributed by atoms with van der Waals surface area (Å²) < 4.78 is 0. The quantitative estimate of drug-likeness (QED) is 0.489. The summed E-state index contributed by atoms with van der Waals surface area (Å²) in [5.74, 6) is 0.0724. The lowest BCUT2D eigenvalue weighted by Gasteiger charge is -2.15. The molecule has 0 saturated carbocycles. The molecule has 4 heteroatoms. The zero-order chi connectivity index (χ0) is 10.1. The summed E-state index contributed by atoms with van der Waals surface area (Å²) in [6.07, 6.45) is 3.48. The highest BCUT2D eigenvalue weighted by Gasteiger charge is 2.07. The lowest BCUT2D eigenvalue weighted by Crippen LogP contribution is -2.39. The molecule has 0 radical (unpaired) electrons. The van der Waals surface area contributed by atoms with Gasteiger partial charge in [0.2, 0.25) is 5.91 Å². The van der Waals surface area contributed by atoms with E-state index in [1.165, 1.54) is 0 Å². The fourth-order valence-electron chi connectivity index (χ4n) is 1.11. The molecule has 1 unspecified atom stereocenters. The molecule has 0 aromatic heterocycles. The van der Waals surface area contributed by atoms with Crippen LogP contribution in [0.3, 0.4) is 0 Å². The van der Waals surface area contributed by atoms with Crippen LogP contribution >= 0.6 is 0 Å². The molecule has 0 rings (SSSR count). The number of nitrogens with two attached hydrogens (primary N) is 2. The summed E-state index contributed by atoms with van der Waals surface area (Å²) >= 11 is 0. The topological polar surface area (TPSA) is 81.1 Å². The molecule has 0 aliphatic carbocycles. The summed E-state index contributed by atoms with van der Waals surface area (Å²) in [6, 6.07) is 0.124. The van der Waals surface area contributed by atoms with Gasteiger partial charge in [0.1, 0.15) is 0 Å². The Balaban J connectivity index is 3.56. The Morgan fingerprint density at radius 1 is 1.38 bits per heavy atom. The van der Waals surface area contributed by atoms with E-state index in [1.54, 1.807) is 0 Å². The molecular formula is C9H21N3O. The van der Waals surface area contributed by atoms with Gasteiger partial charge in [0.05, 0.1) is 0 Å². The van der Waals surface area contributed by atoms with E-state index in [2.05, 4.69) is 5.32 Å². The Bertz CT molecular complexity index is 139. The first-order chi connectivity index (χ1) is 6.24. The summed E-state index contributed by atoms with van der Waals surface area (Å²) in [7, 11) is 0. The number of rotatable bonds is 7. The Morgan fingerprint density at radius 3 is 2.54 bits per heavy atom. The van der Waals surface area contributed by atoms with Crippen molar-refractivity contribution in [2.45, 2.75) is 38.6 Å². The number of unbranched alkanes of at least 4 members (excludes halogenated alkanes) is 1. The molecule has 13 heavy (non-hydrogen) atoms. The average molecular weight is 187 g/mol. The molecule has 5 N–H and O–H groups in total. The van der Waals surface area contributed by atoms with Crippen LogP contribution in [0.2, 0.25) is 0 Å². The second kappa shape index (κ2) is 8.01. The van der Waals surface area contributed by atoms with Crippen molar-refractivity contribution < 1.29 is 4.79 Å². The van der Waals surface area contributed by atoms with Crippen molar-refractivity contribution in [2.24, 2.45) is 11.5 Å². The maximum Gasteiger partial charge on any atom is 0.219 e. The second-order valence-corrected chi connectivity index (χ2v) is 3.14. The average Bonchev–Trinajstić information content (AvgIpc) is 2.16. The molecule has 0 aromatic rings. The van der Waals surface area contributed by atoms with E-state index in [0.717, 1.165) is 19.3 Å². The van der Waals surface area contributed by atoms with Crippen molar-refractivity contribution in [2.75, 3.05) is 13.1 Å². The molecular weight excluding hydrogens is 166 g/mol. The second-order valence-electron chi connectivity index (χ2n) is 3.14. The van der Waals surface area contributed by atoms with E-state index < -0.39 is 0 Å². The highest BCUT2D eigenvalue weighted by molar-refractivity contribution is 5.75. The third-order valence-corrected chi connectivity index (χ3v) is 1.98. The molecule has 78 valence electrons. The van der Waals surface area contributed by atoms with Gasteiger partial charge in [-0.3, -0.25) is 4.79 Å². The smallest absolute Gasteiger partial charge is 0.219 e. The molecule has 0 aliphatic rings. The highest BCUT2D eigenvalue weighted by atomic mass is 16.1. The molecule has 4 nitrogen and oxygen atoms in total. The maximum absolute atomic E-state index is 11.0. The monoisotopic (exact) mass is 187 g/mol. The summed E-state index contributed by atoms with van der Waals surface area (Å²) in [5.41, 5.74) is 10.9. The molecule has 0 heterocycles. The van der Waals surface area contributed by atoms with Crippen LogP contribution < -0.4 is 16.8 Å². The zero-order valence-electron chi connectivity index (χ0n) is 8.38. The SMILES string of the molecule is CCC(=O)NC(CN)CCCCN. The van der Waals surface area contributed by atoms with Gasteiger partial charge in [0.25, 0.3) is 0 Å². The van der Waals surface area contributed by atoms with Gasteiger partial charge in [-0.2, -0.15) is 0 Å². The fraction of sp³-hybridized carbons (Fsp3) is 0.889. The Morgan fingerprint density at radius 2 is 2.08 bits per heavy atom. The van der Waals surface area contributed by atoms with Crippen molar-refractivity contribution in [3.05, 3.63) is 0 Å². The summed E-state index contributed by atoms with van der Waals surface area (Å²) in [6.45, 7) is 3.05. The fourth-order valence-corrected chi connectivity index (χ4v) is 1.11. The van der Waals surface area contributed by atoms with Crippen LogP contribution in [0.25, 0.3) is 0 Å². The molecule has 0 aliphatic heterocycles. The van der Waals surface area contributed by atoms with Gasteiger partial charge in [-0.25, -0.2) is 0 Å². The van der Waals surface area contributed by atoms with Gasteiger partial charge in [-0.1, -0.05) is 13.3 Å². The van der Waals surface area contributed by atoms with Gasteiger partial charge in [0, 0.05) is 19.0 Å². The number of hydrogen-bond acceptors (Lipinski definition) is 3. The van der Waals surface area contributed by atoms with Gasteiger partial charge in [0.15, 0.2) is 0 Å². The largest absolute Gasteiger partial charge is 0.352 e. The number of amides is 1. The molecule has 1 atom stereocenters. The van der Waals surface area contributed by atoms with Gasteiger partial charge in [-0.05, 0) is 19.4 Å². The van der Waals surface area contributed by atoms with Crippen LogP contribution in [0.5, 0.6) is 0 Å². The summed E-state index contributed by atoms with van der Waals surface area (Å²) in [4.78, 5) is 11.0. The van der Waals surface area contributed by atoms with Crippen LogP contribution in [-0.4, -0.2) is 25.0 Å². The third-order valence-electron chi connectivity index (χ3n) is 1.98. The van der Waals surface area contributed by atoms with E-state index in [1.807, 2.05) is 6.92 Å². The predicted molar refractivity (Wildman–Crippen MR) is 54.2 cm³/mol. The highest BCUT2D eigenvalue weighted by Crippen LogP contribution is 1.99. The van der Waals surface area contributed by atoms with Crippen LogP contribution in [0, 0.1) is 0 Å². The third kappa shape index (κ3) is 6.54. The number of hydrogen-bond donors (Lipinski definition) is 3. The molecule has 0 aromatic carbocycles. The number of carbonyl (C=O) groups excluding carboxylic acids is 1. The van der Waals surface area contributed by atoms with Crippen LogP contribution in [0.15, 0.2) is 0 Å². The Kier molecular flexibility index (Phi) is 7.63. The van der Waals surface area contributed by atoms with Crippen molar-refractivity contribution in [3.63, 3.8) is 0 Å². The molecule has 0 saturated heterocycles. The van der Waals surface area contributed by atoms with E-state index >= 15 is 0 Å². The number of carbonyl (C=O) groups is 1. The Hall–Kier alpha value is -0.610. The standard InChI is InChI=1S/C9H21N3O/c1-2-9(13)12-8(7-11)5-3-4-6-10/h8H,2-7,10-11H2,1H3,(H,12,13). The Labute approximate surface area is 80.0 Å². The van der Waals surface area contributed by atoms with Crippen molar-refractivity contribution in [1.82, 2.24) is 5.32 Å². The van der Waals surface area contributed by atoms with E-state index in [-0.39, 0.29) is 11.9 Å². The minimum Gasteiger partial charge on any atom is -0.352 e. The van der Waals surface area contributed by atoms with Gasteiger partial charge >= 0.3 is 0 Å². The zero-order valence-corrected chi connectivity index (χ0v) is 8.38. The first-order valence-corrected chi connectivity index (χ1v) is 4.94. The maximum atomic E-state index is 11.0. The van der Waals surface area contributed by atoms with Crippen molar-refractivity contribution in [3.8, 4) is 0 Å². The van der Waals surface area contributed by atoms with Gasteiger partial charge < -0.3 is 16.8 Å². The summed E-state index contributed by atoms with van der Waals surface area (Å²) in [5, 5.41) is 2.87. The lowest BCUT2D eigenvalue weighted by atomic mass is 10.1. The molecule has 0 bridgehead atoms. The van der Waals surface area contributed by atoms with Crippen LogP contribution in [0.1, 0.15) is 32.6 Å². The normalized spacial score (nSPS) is 12.5. The van der Waals surface area contributed by atoms with Gasteiger partial charge in [-0.15, -0.1) is 0 Å². The number of nitrogens with one attached hydrogen (secondary N) is 1.